The summed E-state index contributed by atoms with van der Waals surface area (Å²) in [6.45, 7) is 6.82. The van der Waals surface area contributed by atoms with Gasteiger partial charge >= 0.3 is 0 Å². The molecule has 160 valence electrons. The molecule has 2 N–H and O–H groups in total. The van der Waals surface area contributed by atoms with Gasteiger partial charge in [0, 0.05) is 43.7 Å². The van der Waals surface area contributed by atoms with Crippen LogP contribution >= 0.6 is 11.3 Å². The normalized spacial score (nSPS) is 14.4. The number of nitrogens with one attached hydrogen (secondary N) is 2. The number of aryl methyl sites for hydroxylation is 1. The van der Waals surface area contributed by atoms with Crippen molar-refractivity contribution < 1.29 is 14.4 Å². The number of nitrogens with zero attached hydrogens (tertiary/aromatic N) is 2. The Hall–Kier alpha value is -2.71. The maximum Gasteiger partial charge on any atom is 0.264 e. The van der Waals surface area contributed by atoms with Crippen LogP contribution < -0.4 is 10.6 Å². The first-order valence-electron chi connectivity index (χ1n) is 10.2. The standard InChI is InChI=1S/C22H28N4O3S/c1-3-17-6-4-5-7-19(17)24-21(28)15-25-10-12-26(13-11-25)22(29)20-9-8-18(30-20)14-23-16(2)27/h4-9H,3,10-15H2,1-2H3,(H,23,27)(H,24,28). The molecule has 0 spiro atoms. The Balaban J connectivity index is 1.47. The van der Waals surface area contributed by atoms with E-state index in [1.807, 2.05) is 41.3 Å². The molecule has 1 aromatic carbocycles. The maximum atomic E-state index is 12.7. The van der Waals surface area contributed by atoms with Crippen LogP contribution in [-0.4, -0.2) is 60.2 Å². The predicted octanol–water partition coefficient (Wildman–Crippen LogP) is 2.34. The summed E-state index contributed by atoms with van der Waals surface area (Å²) in [5, 5.41) is 5.75. The largest absolute Gasteiger partial charge is 0.351 e. The van der Waals surface area contributed by atoms with E-state index in [1.165, 1.54) is 18.3 Å². The van der Waals surface area contributed by atoms with Crippen molar-refractivity contribution in [3.63, 3.8) is 0 Å². The molecule has 3 rings (SSSR count). The van der Waals surface area contributed by atoms with Gasteiger partial charge in [0.05, 0.1) is 18.0 Å². The topological polar surface area (TPSA) is 81.8 Å². The molecule has 0 radical (unpaired) electrons. The summed E-state index contributed by atoms with van der Waals surface area (Å²) < 4.78 is 0. The molecule has 0 aliphatic carbocycles. The molecule has 1 fully saturated rings. The van der Waals surface area contributed by atoms with Crippen molar-refractivity contribution in [1.29, 1.82) is 0 Å². The van der Waals surface area contributed by atoms with Crippen LogP contribution in [0.1, 0.15) is 34.0 Å². The van der Waals surface area contributed by atoms with Crippen LogP contribution in [-0.2, 0) is 22.6 Å². The van der Waals surface area contributed by atoms with E-state index in [0.29, 0.717) is 44.1 Å². The number of carbonyl (C=O) groups excluding carboxylic acids is 3. The quantitative estimate of drug-likeness (QED) is 0.709. The van der Waals surface area contributed by atoms with E-state index in [2.05, 4.69) is 22.5 Å². The lowest BCUT2D eigenvalue weighted by atomic mass is 10.1. The summed E-state index contributed by atoms with van der Waals surface area (Å²) >= 11 is 1.41. The Morgan fingerprint density at radius 1 is 1.03 bits per heavy atom. The number of hydrogen-bond donors (Lipinski definition) is 2. The van der Waals surface area contributed by atoms with Crippen molar-refractivity contribution in [2.75, 3.05) is 38.0 Å². The second-order valence-electron chi connectivity index (χ2n) is 7.30. The van der Waals surface area contributed by atoms with Crippen molar-refractivity contribution in [2.24, 2.45) is 0 Å². The second kappa shape index (κ2) is 10.4. The molecule has 0 atom stereocenters. The molecule has 2 aromatic rings. The van der Waals surface area contributed by atoms with E-state index >= 15 is 0 Å². The number of carbonyl (C=O) groups is 3. The summed E-state index contributed by atoms with van der Waals surface area (Å²) in [5.74, 6) is -0.110. The van der Waals surface area contributed by atoms with Crippen molar-refractivity contribution in [3.8, 4) is 0 Å². The third-order valence-corrected chi connectivity index (χ3v) is 6.16. The Kier molecular flexibility index (Phi) is 7.59. The van der Waals surface area contributed by atoms with E-state index in [1.54, 1.807) is 0 Å². The lowest BCUT2D eigenvalue weighted by molar-refractivity contribution is -0.119. The number of amides is 3. The predicted molar refractivity (Wildman–Crippen MR) is 119 cm³/mol. The van der Waals surface area contributed by atoms with Gasteiger partial charge in [-0.15, -0.1) is 11.3 Å². The van der Waals surface area contributed by atoms with Gasteiger partial charge in [-0.3, -0.25) is 19.3 Å². The van der Waals surface area contributed by atoms with Gasteiger partial charge in [-0.05, 0) is 30.2 Å². The minimum atomic E-state index is -0.0883. The van der Waals surface area contributed by atoms with Gasteiger partial charge in [-0.1, -0.05) is 25.1 Å². The molecule has 0 bridgehead atoms. The smallest absolute Gasteiger partial charge is 0.264 e. The minimum Gasteiger partial charge on any atom is -0.351 e. The molecule has 2 heterocycles. The third kappa shape index (κ3) is 5.90. The van der Waals surface area contributed by atoms with E-state index < -0.39 is 0 Å². The average Bonchev–Trinajstić information content (AvgIpc) is 3.22. The highest BCUT2D eigenvalue weighted by atomic mass is 32.1. The molecule has 1 aromatic heterocycles. The summed E-state index contributed by atoms with van der Waals surface area (Å²) in [6.07, 6.45) is 0.868. The van der Waals surface area contributed by atoms with Crippen LogP contribution in [0.15, 0.2) is 36.4 Å². The number of anilines is 1. The fourth-order valence-corrected chi connectivity index (χ4v) is 4.32. The van der Waals surface area contributed by atoms with Crippen LogP contribution in [0.3, 0.4) is 0 Å². The molecular formula is C22H28N4O3S. The third-order valence-electron chi connectivity index (χ3n) is 5.08. The number of rotatable bonds is 7. The van der Waals surface area contributed by atoms with Gasteiger partial charge in [-0.25, -0.2) is 0 Å². The number of piperazine rings is 1. The van der Waals surface area contributed by atoms with Crippen molar-refractivity contribution >= 4 is 34.7 Å². The van der Waals surface area contributed by atoms with E-state index in [0.717, 1.165) is 22.5 Å². The molecule has 1 aliphatic rings. The lowest BCUT2D eigenvalue weighted by Gasteiger charge is -2.34. The number of para-hydroxylation sites is 1. The molecule has 7 nitrogen and oxygen atoms in total. The first-order chi connectivity index (χ1) is 14.5. The van der Waals surface area contributed by atoms with Crippen molar-refractivity contribution in [1.82, 2.24) is 15.1 Å². The molecule has 1 aliphatic heterocycles. The molecule has 0 saturated carbocycles. The number of hydrogen-bond acceptors (Lipinski definition) is 5. The van der Waals surface area contributed by atoms with Crippen LogP contribution in [0, 0.1) is 0 Å². The zero-order chi connectivity index (χ0) is 21.5. The SMILES string of the molecule is CCc1ccccc1NC(=O)CN1CCN(C(=O)c2ccc(CNC(C)=O)s2)CC1. The van der Waals surface area contributed by atoms with Crippen molar-refractivity contribution in [2.45, 2.75) is 26.8 Å². The summed E-state index contributed by atoms with van der Waals surface area (Å²) in [5.41, 5.74) is 1.99. The highest BCUT2D eigenvalue weighted by Crippen LogP contribution is 2.19. The highest BCUT2D eigenvalue weighted by Gasteiger charge is 2.24. The van der Waals surface area contributed by atoms with E-state index in [9.17, 15) is 14.4 Å². The van der Waals surface area contributed by atoms with Gasteiger partial charge in [0.15, 0.2) is 0 Å². The zero-order valence-electron chi connectivity index (χ0n) is 17.4. The van der Waals surface area contributed by atoms with Crippen LogP contribution in [0.4, 0.5) is 5.69 Å². The second-order valence-corrected chi connectivity index (χ2v) is 8.47. The Morgan fingerprint density at radius 3 is 2.47 bits per heavy atom. The maximum absolute atomic E-state index is 12.7. The Morgan fingerprint density at radius 2 is 1.77 bits per heavy atom. The number of benzene rings is 1. The Labute approximate surface area is 181 Å². The molecule has 3 amide bonds. The first-order valence-corrected chi connectivity index (χ1v) is 11.0. The van der Waals surface area contributed by atoms with Crippen LogP contribution in [0.25, 0.3) is 0 Å². The molecular weight excluding hydrogens is 400 g/mol. The Bertz CT molecular complexity index is 903. The summed E-state index contributed by atoms with van der Waals surface area (Å²) in [4.78, 5) is 41.7. The first kappa shape index (κ1) is 22.0. The van der Waals surface area contributed by atoms with Gasteiger partial charge in [0.1, 0.15) is 0 Å². The lowest BCUT2D eigenvalue weighted by Crippen LogP contribution is -2.50. The minimum absolute atomic E-state index is 0.00931. The summed E-state index contributed by atoms with van der Waals surface area (Å²) in [7, 11) is 0. The van der Waals surface area contributed by atoms with Gasteiger partial charge < -0.3 is 15.5 Å². The van der Waals surface area contributed by atoms with Crippen molar-refractivity contribution in [3.05, 3.63) is 51.7 Å². The van der Waals surface area contributed by atoms with Gasteiger partial charge in [-0.2, -0.15) is 0 Å². The zero-order valence-corrected chi connectivity index (χ0v) is 18.3. The fraction of sp³-hybridized carbons (Fsp3) is 0.409. The molecule has 0 unspecified atom stereocenters. The fourth-order valence-electron chi connectivity index (χ4n) is 3.41. The summed E-state index contributed by atoms with van der Waals surface area (Å²) in [6, 6.07) is 11.5. The van der Waals surface area contributed by atoms with Crippen LogP contribution in [0.2, 0.25) is 0 Å². The highest BCUT2D eigenvalue weighted by molar-refractivity contribution is 7.14. The number of thiophene rings is 1. The molecule has 8 heteroatoms. The molecule has 1 saturated heterocycles. The average molecular weight is 429 g/mol. The monoisotopic (exact) mass is 428 g/mol. The molecule has 30 heavy (non-hydrogen) atoms. The van der Waals surface area contributed by atoms with Gasteiger partial charge in [0.2, 0.25) is 11.8 Å². The van der Waals surface area contributed by atoms with E-state index in [4.69, 9.17) is 0 Å². The van der Waals surface area contributed by atoms with Gasteiger partial charge in [0.25, 0.3) is 5.91 Å². The van der Waals surface area contributed by atoms with E-state index in [-0.39, 0.29) is 17.7 Å². The van der Waals surface area contributed by atoms with Crippen LogP contribution in [0.5, 0.6) is 0 Å².